The van der Waals surface area contributed by atoms with Crippen molar-refractivity contribution in [1.82, 2.24) is 0 Å². The van der Waals surface area contributed by atoms with Crippen LogP contribution in [-0.2, 0) is 36.8 Å². The smallest absolute Gasteiger partial charge is 0.337 e. The van der Waals surface area contributed by atoms with Crippen LogP contribution in [0.2, 0.25) is 0 Å². The number of aliphatic hydroxyl groups is 2. The number of aliphatic hydroxyl groups excluding tert-OH is 2. The first kappa shape index (κ1) is 45.5. The summed E-state index contributed by atoms with van der Waals surface area (Å²) in [7, 11) is -8.00. The van der Waals surface area contributed by atoms with E-state index in [-0.39, 0.29) is 56.5 Å². The average Bonchev–Trinajstić information content (AvgIpc) is 2.91. The summed E-state index contributed by atoms with van der Waals surface area (Å²) >= 11 is 0. The first-order valence-corrected chi connectivity index (χ1v) is 19.5. The number of ether oxygens (including phenoxy) is 2. The van der Waals surface area contributed by atoms with Crippen LogP contribution in [0, 0.1) is 44.1 Å². The third-order valence-electron chi connectivity index (χ3n) is 7.15. The molecule has 8 unspecified atom stereocenters. The van der Waals surface area contributed by atoms with Gasteiger partial charge in [0.2, 0.25) is 0 Å². The SMILES string of the molecule is CCCCCC(=O)C(C)OC1C([NH-])C(OP(C)(=O)OP(C)(=O)OC/C=C(/C)CC/C=C(\C)CCC=C(C)C)OC(CO)C1O.[Ac]. The van der Waals surface area contributed by atoms with E-state index in [1.807, 2.05) is 13.8 Å². The van der Waals surface area contributed by atoms with Crippen LogP contribution in [0.15, 0.2) is 34.9 Å². The van der Waals surface area contributed by atoms with Crippen molar-refractivity contribution in [1.29, 1.82) is 0 Å². The maximum atomic E-state index is 13.2. The van der Waals surface area contributed by atoms with Crippen LogP contribution < -0.4 is 0 Å². The number of hydrogen-bond acceptors (Lipinski definition) is 10. The molecule has 1 aliphatic heterocycles. The number of carbonyl (C=O) groups is 1. The Hall–Kier alpha value is 0.472. The van der Waals surface area contributed by atoms with Gasteiger partial charge in [-0.1, -0.05) is 60.8 Å². The topological polar surface area (TPSA) is 162 Å². The Kier molecular flexibility index (Phi) is 23.2. The van der Waals surface area contributed by atoms with Crippen molar-refractivity contribution in [2.24, 2.45) is 0 Å². The van der Waals surface area contributed by atoms with Gasteiger partial charge < -0.3 is 29.9 Å². The Bertz CT molecular complexity index is 1080. The van der Waals surface area contributed by atoms with E-state index in [2.05, 4.69) is 32.9 Å². The van der Waals surface area contributed by atoms with Gasteiger partial charge in [0.25, 0.3) is 0 Å². The van der Waals surface area contributed by atoms with Crippen molar-refractivity contribution in [3.8, 4) is 0 Å². The maximum Gasteiger partial charge on any atom is 0.337 e. The van der Waals surface area contributed by atoms with Crippen LogP contribution in [0.5, 0.6) is 0 Å². The molecule has 0 aliphatic carbocycles. The van der Waals surface area contributed by atoms with E-state index >= 15 is 0 Å². The number of Topliss-reactive ketones (excluding diaryl/α,β-unsaturated/α-hetero) is 1. The quantitative estimate of drug-likeness (QED) is 0.0670. The predicted molar refractivity (Wildman–Crippen MR) is 174 cm³/mol. The molecule has 1 fully saturated rings. The summed E-state index contributed by atoms with van der Waals surface area (Å²) in [6, 6.07) is -1.46. The molecular weight excluding hydrogens is 835 g/mol. The first-order chi connectivity index (χ1) is 20.5. The molecule has 45 heavy (non-hydrogen) atoms. The number of nitrogens with one attached hydrogen (secondary N) is 1. The molecule has 8 atom stereocenters. The van der Waals surface area contributed by atoms with Crippen molar-refractivity contribution in [2.45, 2.75) is 130 Å². The average molecular weight is 892 g/mol. The number of rotatable bonds is 21. The van der Waals surface area contributed by atoms with Crippen molar-refractivity contribution in [3.63, 3.8) is 0 Å². The standard InChI is InChI=1S/C31H56NO10P2.Ac/c1-9-10-11-18-26(34)25(6)39-30-28(32)31(40-27(21-33)29(30)35)41-44(8,37)42-43(7,36)38-20-19-24(5)17-13-16-23(4)15-12-14-22(2)3;/h14,16,19,25,27-33,35H,9-13,15,17-18,20-21H2,1-8H3;/q-1;/b23-16+,24-19-;. The van der Waals surface area contributed by atoms with Gasteiger partial charge in [0, 0.05) is 63.8 Å². The summed E-state index contributed by atoms with van der Waals surface area (Å²) in [6.45, 7) is 13.4. The molecule has 14 heteroatoms. The van der Waals surface area contributed by atoms with E-state index in [4.69, 9.17) is 28.6 Å². The van der Waals surface area contributed by atoms with E-state index in [1.165, 1.54) is 24.7 Å². The minimum atomic E-state index is -4.13. The Morgan fingerprint density at radius 2 is 1.58 bits per heavy atom. The van der Waals surface area contributed by atoms with Crippen LogP contribution in [0.4, 0.5) is 0 Å². The molecule has 11 nitrogen and oxygen atoms in total. The first-order valence-electron chi connectivity index (χ1n) is 15.5. The Morgan fingerprint density at radius 1 is 0.978 bits per heavy atom. The van der Waals surface area contributed by atoms with Crippen molar-refractivity contribution in [2.75, 3.05) is 26.5 Å². The molecule has 259 valence electrons. The Balaban J connectivity index is 0.0000194. The molecule has 0 saturated carbocycles. The molecule has 0 aromatic carbocycles. The molecule has 1 rings (SSSR count). The molecule has 1 saturated heterocycles. The molecule has 1 aliphatic rings. The van der Waals surface area contributed by atoms with E-state index in [1.54, 1.807) is 6.08 Å². The summed E-state index contributed by atoms with van der Waals surface area (Å²) in [5, 5.41) is 20.4. The molecule has 0 aromatic heterocycles. The van der Waals surface area contributed by atoms with Crippen LogP contribution in [-0.4, -0.2) is 79.3 Å². The fourth-order valence-electron chi connectivity index (χ4n) is 4.54. The molecule has 1 heterocycles. The minimum absolute atomic E-state index is 0. The largest absolute Gasteiger partial charge is 0.668 e. The van der Waals surface area contributed by atoms with Crippen molar-refractivity contribution < 1.29 is 91.0 Å². The van der Waals surface area contributed by atoms with Gasteiger partial charge in [-0.05, 0) is 66.7 Å². The number of ketones is 1. The summed E-state index contributed by atoms with van der Waals surface area (Å²) in [6.07, 6.45) is 6.34. The van der Waals surface area contributed by atoms with Gasteiger partial charge >= 0.3 is 15.2 Å². The fraction of sp³-hybridized carbons (Fsp3) is 0.774. The van der Waals surface area contributed by atoms with E-state index in [0.717, 1.165) is 50.8 Å². The summed E-state index contributed by atoms with van der Waals surface area (Å²) in [4.78, 5) is 12.5. The number of unbranched alkanes of at least 4 members (excludes halogenated alkanes) is 2. The Labute approximate surface area is 306 Å². The molecular formula is C31H56AcNO10P2-. The zero-order chi connectivity index (χ0) is 33.5. The van der Waals surface area contributed by atoms with Gasteiger partial charge in [0.05, 0.1) is 19.3 Å². The third kappa shape index (κ3) is 18.7. The van der Waals surface area contributed by atoms with Crippen LogP contribution in [0.25, 0.3) is 5.73 Å². The van der Waals surface area contributed by atoms with Gasteiger partial charge in [-0.15, -0.1) is 0 Å². The van der Waals surface area contributed by atoms with Crippen LogP contribution in [0.3, 0.4) is 0 Å². The zero-order valence-electron chi connectivity index (χ0n) is 28.4. The predicted octanol–water partition coefficient (Wildman–Crippen LogP) is 7.52. The minimum Gasteiger partial charge on any atom is -0.668 e. The fourth-order valence-corrected chi connectivity index (χ4v) is 7.94. The van der Waals surface area contributed by atoms with E-state index in [9.17, 15) is 24.1 Å². The number of allylic oxidation sites excluding steroid dienone is 5. The molecule has 1 radical (unpaired) electrons. The molecule has 0 aromatic rings. The normalized spacial score (nSPS) is 25.9. The number of hydrogen-bond donors (Lipinski definition) is 2. The van der Waals surface area contributed by atoms with Gasteiger partial charge in [0.15, 0.2) is 12.1 Å². The summed E-state index contributed by atoms with van der Waals surface area (Å²) in [5.74, 6) is -0.179. The third-order valence-corrected chi connectivity index (χ3v) is 10.7. The van der Waals surface area contributed by atoms with E-state index < -0.39 is 58.5 Å². The summed E-state index contributed by atoms with van der Waals surface area (Å²) < 4.78 is 53.6. The van der Waals surface area contributed by atoms with Gasteiger partial charge in [-0.25, -0.2) is 4.31 Å². The maximum absolute atomic E-state index is 13.2. The molecule has 0 bridgehead atoms. The second kappa shape index (κ2) is 23.0. The molecule has 0 spiro atoms. The van der Waals surface area contributed by atoms with Gasteiger partial charge in [0.1, 0.15) is 18.3 Å². The number of carbonyl (C=O) groups excluding carboxylic acids is 1. The second-order valence-corrected chi connectivity index (χ2v) is 16.1. The second-order valence-electron chi connectivity index (χ2n) is 11.9. The van der Waals surface area contributed by atoms with E-state index in [0.29, 0.717) is 12.8 Å². The van der Waals surface area contributed by atoms with Gasteiger partial charge in [-0.3, -0.25) is 18.4 Å². The monoisotopic (exact) mass is 891 g/mol. The van der Waals surface area contributed by atoms with Crippen LogP contribution >= 0.6 is 15.2 Å². The molecule has 0 amide bonds. The Morgan fingerprint density at radius 3 is 2.16 bits per heavy atom. The molecule has 3 N–H and O–H groups in total. The van der Waals surface area contributed by atoms with Crippen molar-refractivity contribution >= 4 is 21.0 Å². The van der Waals surface area contributed by atoms with Crippen molar-refractivity contribution in [3.05, 3.63) is 40.7 Å². The summed E-state index contributed by atoms with van der Waals surface area (Å²) in [5.41, 5.74) is 12.3. The van der Waals surface area contributed by atoms with Gasteiger partial charge in [-0.2, -0.15) is 0 Å². The zero-order valence-corrected chi connectivity index (χ0v) is 34.9. The van der Waals surface area contributed by atoms with Crippen LogP contribution in [0.1, 0.15) is 92.9 Å².